The Kier molecular flexibility index (Phi) is 7.24. The lowest BCUT2D eigenvalue weighted by molar-refractivity contribution is 0.0734. The molecule has 0 fully saturated rings. The number of hydrogen-bond acceptors (Lipinski definition) is 5. The van der Waals surface area contributed by atoms with E-state index in [-0.39, 0.29) is 43.3 Å². The number of aromatic hydroxyl groups is 1. The fraction of sp³-hybridized carbons (Fsp3) is 0.273. The van der Waals surface area contributed by atoms with Gasteiger partial charge in [0.1, 0.15) is 11.6 Å². The summed E-state index contributed by atoms with van der Waals surface area (Å²) in [6, 6.07) is 5.12. The van der Waals surface area contributed by atoms with E-state index in [2.05, 4.69) is 17.9 Å². The van der Waals surface area contributed by atoms with E-state index in [4.69, 9.17) is 4.42 Å². The van der Waals surface area contributed by atoms with E-state index in [1.165, 1.54) is 29.2 Å². The summed E-state index contributed by atoms with van der Waals surface area (Å²) in [4.78, 5) is 26.3. The van der Waals surface area contributed by atoms with Crippen molar-refractivity contribution in [1.82, 2.24) is 10.2 Å². The van der Waals surface area contributed by atoms with Gasteiger partial charge in [0, 0.05) is 50.2 Å². The Morgan fingerprint density at radius 1 is 1.31 bits per heavy atom. The predicted octanol–water partition coefficient (Wildman–Crippen LogP) is 4.17. The number of hydrogen-bond donors (Lipinski definition) is 3. The first-order chi connectivity index (χ1) is 15.2. The van der Waals surface area contributed by atoms with Crippen LogP contribution in [0.25, 0.3) is 5.57 Å². The number of anilines is 1. The number of rotatable bonds is 6. The van der Waals surface area contributed by atoms with Crippen molar-refractivity contribution >= 4 is 35.0 Å². The third kappa shape index (κ3) is 5.50. The van der Waals surface area contributed by atoms with Crippen LogP contribution in [0.1, 0.15) is 29.5 Å². The van der Waals surface area contributed by atoms with Crippen LogP contribution in [0.3, 0.4) is 0 Å². The third-order valence-corrected chi connectivity index (χ3v) is 5.14. The summed E-state index contributed by atoms with van der Waals surface area (Å²) in [7, 11) is 1.65. The molecule has 10 heteroatoms. The molecule has 0 unspecified atom stereocenters. The second-order valence-electron chi connectivity index (χ2n) is 7.40. The highest BCUT2D eigenvalue weighted by Crippen LogP contribution is 2.31. The lowest BCUT2D eigenvalue weighted by Crippen LogP contribution is -2.34. The number of benzene rings is 1. The van der Waals surface area contributed by atoms with E-state index in [0.29, 0.717) is 11.3 Å². The molecule has 3 rings (SSSR count). The van der Waals surface area contributed by atoms with Crippen molar-refractivity contribution in [3.63, 3.8) is 0 Å². The summed E-state index contributed by atoms with van der Waals surface area (Å²) in [6.07, 6.45) is 3.54. The van der Waals surface area contributed by atoms with Crippen LogP contribution in [-0.4, -0.2) is 47.8 Å². The maximum absolute atomic E-state index is 14.9. The lowest BCUT2D eigenvalue weighted by atomic mass is 9.97. The Balaban J connectivity index is 1.74. The van der Waals surface area contributed by atoms with Gasteiger partial charge in [-0.1, -0.05) is 18.7 Å². The molecule has 0 atom stereocenters. The van der Waals surface area contributed by atoms with E-state index in [9.17, 15) is 23.5 Å². The van der Waals surface area contributed by atoms with Crippen molar-refractivity contribution in [3.05, 3.63) is 65.1 Å². The molecule has 1 aromatic carbocycles. The van der Waals surface area contributed by atoms with Crippen molar-refractivity contribution in [2.24, 2.45) is 0 Å². The van der Waals surface area contributed by atoms with E-state index in [0.717, 1.165) is 5.57 Å². The molecule has 0 spiro atoms. The Hall–Kier alpha value is -3.27. The van der Waals surface area contributed by atoms with Gasteiger partial charge in [-0.2, -0.15) is 0 Å². The summed E-state index contributed by atoms with van der Waals surface area (Å²) in [5.41, 5.74) is 1.44. The van der Waals surface area contributed by atoms with Gasteiger partial charge in [0.25, 0.3) is 17.1 Å². The maximum atomic E-state index is 14.9. The molecule has 1 aromatic heterocycles. The molecule has 2 heterocycles. The quantitative estimate of drug-likeness (QED) is 0.560. The van der Waals surface area contributed by atoms with Crippen molar-refractivity contribution < 1.29 is 27.9 Å². The zero-order valence-electron chi connectivity index (χ0n) is 17.6. The smallest absolute Gasteiger partial charge is 0.290 e. The molecule has 32 heavy (non-hydrogen) atoms. The summed E-state index contributed by atoms with van der Waals surface area (Å²) >= 11 is 3.63. The molecule has 0 saturated carbocycles. The van der Waals surface area contributed by atoms with Crippen LogP contribution in [0.2, 0.25) is 0 Å². The van der Waals surface area contributed by atoms with E-state index >= 15 is 0 Å². The minimum absolute atomic E-state index is 0.00128. The highest BCUT2D eigenvalue weighted by molar-refractivity contribution is 7.96. The largest absolute Gasteiger partial charge is 0.481 e. The molecule has 7 nitrogen and oxygen atoms in total. The number of amides is 2. The van der Waals surface area contributed by atoms with Gasteiger partial charge in [-0.3, -0.25) is 9.59 Å². The maximum Gasteiger partial charge on any atom is 0.290 e. The number of carbonyl (C=O) groups excluding carboxylic acids is 2. The molecule has 170 valence electrons. The number of thiol groups is 1. The van der Waals surface area contributed by atoms with Gasteiger partial charge >= 0.3 is 0 Å². The Labute approximate surface area is 189 Å². The average Bonchev–Trinajstić information content (AvgIpc) is 3.18. The Morgan fingerprint density at radius 2 is 2.00 bits per heavy atom. The van der Waals surface area contributed by atoms with Gasteiger partial charge in [-0.05, 0) is 42.7 Å². The number of halogens is 2. The first-order valence-corrected chi connectivity index (χ1v) is 10.2. The van der Waals surface area contributed by atoms with Gasteiger partial charge in [-0.25, -0.2) is 8.78 Å². The lowest BCUT2D eigenvalue weighted by Gasteiger charge is -2.26. The van der Waals surface area contributed by atoms with Crippen molar-refractivity contribution in [3.8, 4) is 5.95 Å². The molecule has 1 aliphatic heterocycles. The summed E-state index contributed by atoms with van der Waals surface area (Å²) in [5.74, 6) is -2.17. The fourth-order valence-electron chi connectivity index (χ4n) is 3.42. The number of carbonyl (C=O) groups is 2. The number of nitrogens with zero attached hydrogens (tertiary/aromatic N) is 2. The minimum atomic E-state index is -0.705. The van der Waals surface area contributed by atoms with Crippen molar-refractivity contribution in [2.75, 3.05) is 31.6 Å². The number of nitrogens with one attached hydrogen (secondary N) is 1. The molecule has 0 saturated heterocycles. The highest BCUT2D eigenvalue weighted by Gasteiger charge is 2.24. The highest BCUT2D eigenvalue weighted by atomic mass is 32.1. The van der Waals surface area contributed by atoms with Crippen LogP contribution >= 0.6 is 12.6 Å². The summed E-state index contributed by atoms with van der Waals surface area (Å²) in [5, 5.41) is 11.3. The number of furan rings is 1. The topological polar surface area (TPSA) is 86.0 Å². The predicted molar refractivity (Wildman–Crippen MR) is 120 cm³/mol. The van der Waals surface area contributed by atoms with Gasteiger partial charge < -0.3 is 24.6 Å². The minimum Gasteiger partial charge on any atom is -0.481 e. The van der Waals surface area contributed by atoms with Gasteiger partial charge in [0.15, 0.2) is 5.76 Å². The van der Waals surface area contributed by atoms with Gasteiger partial charge in [0.05, 0.1) is 0 Å². The monoisotopic (exact) mass is 463 g/mol. The molecule has 2 N–H and O–H groups in total. The first-order valence-electron chi connectivity index (χ1n) is 9.79. The molecular weight excluding hydrogens is 440 g/mol. The molecule has 1 aliphatic rings. The van der Waals surface area contributed by atoms with Crippen LogP contribution in [0.4, 0.5) is 19.3 Å². The standard InChI is InChI=1S/C22H23F2N3O4S/c1-13(11-25-22(30)32)12-26(2)15-9-16(23)20(17(24)10-15)14-5-7-27(8-6-14)21(29)18-3-4-19(28)31-18/h3-5,9-10,12,28H,6-8,11H2,1-2H3,(H2,25,30,32)/b13-12+. The molecule has 2 aromatic rings. The second-order valence-corrected chi connectivity index (χ2v) is 7.80. The third-order valence-electron chi connectivity index (χ3n) is 4.99. The molecule has 0 bridgehead atoms. The van der Waals surface area contributed by atoms with Crippen LogP contribution < -0.4 is 10.2 Å². The fourth-order valence-corrected chi connectivity index (χ4v) is 3.49. The van der Waals surface area contributed by atoms with E-state index in [1.807, 2.05) is 0 Å². The average molecular weight is 464 g/mol. The van der Waals surface area contributed by atoms with Crippen LogP contribution in [-0.2, 0) is 0 Å². The van der Waals surface area contributed by atoms with Crippen LogP contribution in [0, 0.1) is 11.6 Å². The Morgan fingerprint density at radius 3 is 2.53 bits per heavy atom. The first kappa shape index (κ1) is 23.4. The van der Waals surface area contributed by atoms with Crippen molar-refractivity contribution in [1.29, 1.82) is 0 Å². The molecule has 2 amide bonds. The van der Waals surface area contributed by atoms with Crippen LogP contribution in [0.5, 0.6) is 5.95 Å². The van der Waals surface area contributed by atoms with Gasteiger partial charge in [-0.15, -0.1) is 0 Å². The van der Waals surface area contributed by atoms with E-state index in [1.54, 1.807) is 31.1 Å². The summed E-state index contributed by atoms with van der Waals surface area (Å²) < 4.78 is 34.6. The molecule has 0 aliphatic carbocycles. The van der Waals surface area contributed by atoms with Gasteiger partial charge in [0.2, 0.25) is 0 Å². The van der Waals surface area contributed by atoms with Crippen molar-refractivity contribution in [2.45, 2.75) is 13.3 Å². The second kappa shape index (κ2) is 9.90. The zero-order valence-corrected chi connectivity index (χ0v) is 18.5. The summed E-state index contributed by atoms with van der Waals surface area (Å²) in [6.45, 7) is 2.45. The Bertz CT molecular complexity index is 1070. The molecular formula is C22H23F2N3O4S. The normalized spacial score (nSPS) is 14.2. The van der Waals surface area contributed by atoms with Crippen LogP contribution in [0.15, 0.2) is 46.5 Å². The molecule has 0 radical (unpaired) electrons. The van der Waals surface area contributed by atoms with E-state index < -0.39 is 22.8 Å². The zero-order chi connectivity index (χ0) is 23.4. The SMILES string of the molecule is C/C(=C\N(C)c1cc(F)c(C2=CCN(C(=O)c3ccc(O)o3)CC2)c(F)c1)CNC(=O)S.